The second kappa shape index (κ2) is 6.15. The quantitative estimate of drug-likeness (QED) is 0.836. The molecule has 96 valence electrons. The molecule has 0 saturated carbocycles. The van der Waals surface area contributed by atoms with Crippen LogP contribution in [0, 0.1) is 5.82 Å². The highest BCUT2D eigenvalue weighted by molar-refractivity contribution is 9.10. The van der Waals surface area contributed by atoms with E-state index in [0.29, 0.717) is 0 Å². The van der Waals surface area contributed by atoms with Gasteiger partial charge in [-0.15, -0.1) is 11.3 Å². The van der Waals surface area contributed by atoms with Crippen LogP contribution in [0.4, 0.5) is 4.39 Å². The lowest BCUT2D eigenvalue weighted by Crippen LogP contribution is -2.18. The number of likely N-dealkylation sites (N-methyl/N-ethyl adjacent to an activating group) is 1. The lowest BCUT2D eigenvalue weighted by molar-refractivity contribution is 0.596. The fourth-order valence-corrected chi connectivity index (χ4v) is 3.75. The predicted molar refractivity (Wildman–Crippen MR) is 78.9 cm³/mol. The van der Waals surface area contributed by atoms with Gasteiger partial charge in [-0.1, -0.05) is 17.7 Å². The fourth-order valence-electron chi connectivity index (χ4n) is 1.78. The van der Waals surface area contributed by atoms with Gasteiger partial charge < -0.3 is 5.32 Å². The highest BCUT2D eigenvalue weighted by atomic mass is 79.9. The Labute approximate surface area is 123 Å². The normalized spacial score (nSPS) is 12.7. The van der Waals surface area contributed by atoms with Crippen molar-refractivity contribution in [1.29, 1.82) is 0 Å². The van der Waals surface area contributed by atoms with E-state index in [1.54, 1.807) is 23.5 Å². The van der Waals surface area contributed by atoms with E-state index in [1.807, 2.05) is 18.5 Å². The van der Waals surface area contributed by atoms with E-state index in [9.17, 15) is 4.39 Å². The van der Waals surface area contributed by atoms with E-state index in [-0.39, 0.29) is 16.9 Å². The molecule has 0 amide bonds. The predicted octanol–water partition coefficient (Wildman–Crippen LogP) is 4.81. The molecule has 0 fully saturated rings. The van der Waals surface area contributed by atoms with Crippen molar-refractivity contribution in [3.63, 3.8) is 0 Å². The van der Waals surface area contributed by atoms with Gasteiger partial charge >= 0.3 is 0 Å². The number of nitrogens with one attached hydrogen (secondary N) is 1. The van der Waals surface area contributed by atoms with E-state index in [0.717, 1.165) is 16.5 Å². The number of hydrogen-bond acceptors (Lipinski definition) is 2. The van der Waals surface area contributed by atoms with E-state index < -0.39 is 0 Å². The van der Waals surface area contributed by atoms with Gasteiger partial charge in [-0.3, -0.25) is 0 Å². The standard InChI is InChI=1S/C13H12BrClFNS/c1-17-12(13-9(14)4-5-18-13)7-8-2-3-11(16)10(15)6-8/h2-6,12,17H,7H2,1H3. The minimum Gasteiger partial charge on any atom is -0.312 e. The minimum absolute atomic E-state index is 0.174. The van der Waals surface area contributed by atoms with Crippen LogP contribution in [0.3, 0.4) is 0 Å². The first-order valence-corrected chi connectivity index (χ1v) is 7.51. The number of rotatable bonds is 4. The Bertz CT molecular complexity index is 544. The number of hydrogen-bond donors (Lipinski definition) is 1. The molecule has 1 atom stereocenters. The Balaban J connectivity index is 2.20. The van der Waals surface area contributed by atoms with Gasteiger partial charge in [0.25, 0.3) is 0 Å². The first kappa shape index (κ1) is 14.0. The van der Waals surface area contributed by atoms with Crippen LogP contribution in [0.15, 0.2) is 34.1 Å². The zero-order valence-electron chi connectivity index (χ0n) is 9.71. The van der Waals surface area contributed by atoms with E-state index >= 15 is 0 Å². The van der Waals surface area contributed by atoms with Crippen LogP contribution in [0.1, 0.15) is 16.5 Å². The maximum atomic E-state index is 13.1. The van der Waals surface area contributed by atoms with Gasteiger partial charge in [-0.25, -0.2) is 4.39 Å². The van der Waals surface area contributed by atoms with Crippen molar-refractivity contribution >= 4 is 38.9 Å². The van der Waals surface area contributed by atoms with Crippen LogP contribution in [0.25, 0.3) is 0 Å². The van der Waals surface area contributed by atoms with Crippen molar-refractivity contribution in [3.05, 3.63) is 55.4 Å². The third-order valence-corrected chi connectivity index (χ3v) is 5.01. The molecule has 1 unspecified atom stereocenters. The molecule has 0 bridgehead atoms. The second-order valence-electron chi connectivity index (χ2n) is 3.93. The van der Waals surface area contributed by atoms with Gasteiger partial charge in [-0.05, 0) is 58.5 Å². The SMILES string of the molecule is CNC(Cc1ccc(F)c(Cl)c1)c1sccc1Br. The lowest BCUT2D eigenvalue weighted by Gasteiger charge is -2.15. The Morgan fingerprint density at radius 1 is 1.44 bits per heavy atom. The summed E-state index contributed by atoms with van der Waals surface area (Å²) in [5.41, 5.74) is 1.01. The fraction of sp³-hybridized carbons (Fsp3) is 0.231. The van der Waals surface area contributed by atoms with Crippen LogP contribution < -0.4 is 5.32 Å². The molecule has 0 aliphatic carbocycles. The average molecular weight is 349 g/mol. The van der Waals surface area contributed by atoms with Gasteiger partial charge in [0.05, 0.1) is 5.02 Å². The van der Waals surface area contributed by atoms with Crippen molar-refractivity contribution in [2.75, 3.05) is 7.05 Å². The third kappa shape index (κ3) is 3.12. The second-order valence-corrected chi connectivity index (χ2v) is 6.14. The van der Waals surface area contributed by atoms with Crippen molar-refractivity contribution in [2.24, 2.45) is 0 Å². The van der Waals surface area contributed by atoms with Crippen LogP contribution in [-0.4, -0.2) is 7.05 Å². The molecule has 1 N–H and O–H groups in total. The van der Waals surface area contributed by atoms with Gasteiger partial charge in [0.1, 0.15) is 5.82 Å². The number of thiophene rings is 1. The van der Waals surface area contributed by atoms with Gasteiger partial charge in [0.2, 0.25) is 0 Å². The summed E-state index contributed by atoms with van der Waals surface area (Å²) in [6.45, 7) is 0. The average Bonchev–Trinajstić information content (AvgIpc) is 2.77. The molecule has 1 aromatic carbocycles. The Hall–Kier alpha value is -0.420. The van der Waals surface area contributed by atoms with Crippen LogP contribution >= 0.6 is 38.9 Å². The maximum absolute atomic E-state index is 13.1. The molecule has 1 heterocycles. The molecule has 2 rings (SSSR count). The largest absolute Gasteiger partial charge is 0.312 e. The van der Waals surface area contributed by atoms with Crippen molar-refractivity contribution < 1.29 is 4.39 Å². The molecule has 2 aromatic rings. The zero-order valence-corrected chi connectivity index (χ0v) is 12.9. The molecule has 5 heteroatoms. The number of benzene rings is 1. The summed E-state index contributed by atoms with van der Waals surface area (Å²) in [6.07, 6.45) is 0.773. The summed E-state index contributed by atoms with van der Waals surface area (Å²) in [4.78, 5) is 1.23. The monoisotopic (exact) mass is 347 g/mol. The molecule has 0 saturated heterocycles. The summed E-state index contributed by atoms with van der Waals surface area (Å²) in [5, 5.41) is 5.49. The van der Waals surface area contributed by atoms with Crippen molar-refractivity contribution in [2.45, 2.75) is 12.5 Å². The summed E-state index contributed by atoms with van der Waals surface area (Å²) in [7, 11) is 1.92. The molecular weight excluding hydrogens is 337 g/mol. The first-order valence-electron chi connectivity index (χ1n) is 5.46. The van der Waals surface area contributed by atoms with Crippen molar-refractivity contribution in [1.82, 2.24) is 5.32 Å². The van der Waals surface area contributed by atoms with E-state index in [4.69, 9.17) is 11.6 Å². The van der Waals surface area contributed by atoms with Crippen LogP contribution in [0.5, 0.6) is 0 Å². The molecule has 0 aliphatic rings. The molecule has 18 heavy (non-hydrogen) atoms. The molecule has 0 spiro atoms. The first-order chi connectivity index (χ1) is 8.61. The summed E-state index contributed by atoms with van der Waals surface area (Å²) in [6, 6.07) is 7.09. The maximum Gasteiger partial charge on any atom is 0.141 e. The summed E-state index contributed by atoms with van der Waals surface area (Å²) in [5.74, 6) is -0.376. The van der Waals surface area contributed by atoms with Gasteiger partial charge in [-0.2, -0.15) is 0 Å². The topological polar surface area (TPSA) is 12.0 Å². The Morgan fingerprint density at radius 3 is 2.78 bits per heavy atom. The number of halogens is 3. The Kier molecular flexibility index (Phi) is 4.78. The van der Waals surface area contributed by atoms with Gasteiger partial charge in [0.15, 0.2) is 0 Å². The van der Waals surface area contributed by atoms with Crippen LogP contribution in [-0.2, 0) is 6.42 Å². The molecule has 0 aliphatic heterocycles. The third-order valence-electron chi connectivity index (χ3n) is 2.73. The molecule has 1 nitrogen and oxygen atoms in total. The van der Waals surface area contributed by atoms with Gasteiger partial charge in [0, 0.05) is 15.4 Å². The highest BCUT2D eigenvalue weighted by Crippen LogP contribution is 2.31. The summed E-state index contributed by atoms with van der Waals surface area (Å²) >= 11 is 11.0. The Morgan fingerprint density at radius 2 is 2.22 bits per heavy atom. The summed E-state index contributed by atoms with van der Waals surface area (Å²) < 4.78 is 14.2. The molecule has 1 aromatic heterocycles. The minimum atomic E-state index is -0.376. The van der Waals surface area contributed by atoms with E-state index in [1.165, 1.54) is 10.9 Å². The highest BCUT2D eigenvalue weighted by Gasteiger charge is 2.15. The van der Waals surface area contributed by atoms with Crippen molar-refractivity contribution in [3.8, 4) is 0 Å². The van der Waals surface area contributed by atoms with E-state index in [2.05, 4.69) is 21.2 Å². The lowest BCUT2D eigenvalue weighted by atomic mass is 10.0. The molecule has 0 radical (unpaired) electrons. The van der Waals surface area contributed by atoms with Crippen LogP contribution in [0.2, 0.25) is 5.02 Å². The zero-order chi connectivity index (χ0) is 13.1. The smallest absolute Gasteiger partial charge is 0.141 e. The molecular formula is C13H12BrClFNS.